The molecule has 1 aromatic carbocycles. The van der Waals surface area contributed by atoms with E-state index in [4.69, 9.17) is 29.2 Å². The highest BCUT2D eigenvalue weighted by Crippen LogP contribution is 2.35. The summed E-state index contributed by atoms with van der Waals surface area (Å²) < 4.78 is 27.9. The molecule has 0 saturated carbocycles. The van der Waals surface area contributed by atoms with Crippen molar-refractivity contribution >= 4 is 24.0 Å². The molecule has 0 radical (unpaired) electrons. The molecule has 12 heteroatoms. The molecule has 202 valence electrons. The number of ether oxygens (including phenoxy) is 5. The molecule has 1 saturated heterocycles. The Balaban J connectivity index is 2.07. The number of carbonyl (C=O) groups excluding carboxylic acids is 4. The van der Waals surface area contributed by atoms with Crippen molar-refractivity contribution < 1.29 is 42.9 Å². The normalized spacial score (nSPS) is 22.9. The number of carbonyl (C=O) groups is 4. The Hall–Kier alpha value is -3.47. The van der Waals surface area contributed by atoms with Crippen molar-refractivity contribution in [2.75, 3.05) is 26.4 Å². The van der Waals surface area contributed by atoms with Crippen LogP contribution >= 0.6 is 0 Å². The van der Waals surface area contributed by atoms with Gasteiger partial charge in [-0.3, -0.25) is 19.2 Å². The molecule has 37 heavy (non-hydrogen) atoms. The molecule has 12 nitrogen and oxygen atoms in total. The minimum Gasteiger partial charge on any atom is -0.464 e. The lowest BCUT2D eigenvalue weighted by Crippen LogP contribution is -2.54. The number of hydrogen-bond donors (Lipinski definition) is 0. The number of Topliss-reactive ketones (excluding diaryl/α,β-unsaturated/α-hetero) is 1. The zero-order chi connectivity index (χ0) is 27.4. The van der Waals surface area contributed by atoms with E-state index in [-0.39, 0.29) is 55.1 Å². The Morgan fingerprint density at radius 1 is 1.14 bits per heavy atom. The van der Waals surface area contributed by atoms with Crippen molar-refractivity contribution in [3.8, 4) is 5.75 Å². The SMILES string of the molecule is CC(=O)OC[C@H]1O[C@@H](Oc2ccc(C(=O)CCCOCCN=[N+]=[N-])cc2C=O)[C@H](C)[C@@H](C)[C@H]1OC(C)=O. The molecule has 1 aromatic rings. The molecular weight excluding hydrogens is 486 g/mol. The van der Waals surface area contributed by atoms with Gasteiger partial charge in [0, 0.05) is 55.7 Å². The highest BCUT2D eigenvalue weighted by atomic mass is 16.7. The predicted octanol–water partition coefficient (Wildman–Crippen LogP) is 3.66. The van der Waals surface area contributed by atoms with Gasteiger partial charge in [-0.2, -0.15) is 0 Å². The van der Waals surface area contributed by atoms with Crippen LogP contribution < -0.4 is 4.74 Å². The molecule has 0 N–H and O–H groups in total. The Kier molecular flexibility index (Phi) is 12.0. The first-order chi connectivity index (χ1) is 17.7. The first kappa shape index (κ1) is 29.8. The van der Waals surface area contributed by atoms with E-state index in [9.17, 15) is 19.2 Å². The minimum atomic E-state index is -0.829. The van der Waals surface area contributed by atoms with E-state index in [1.807, 2.05) is 13.8 Å². The lowest BCUT2D eigenvalue weighted by atomic mass is 9.84. The zero-order valence-corrected chi connectivity index (χ0v) is 21.5. The first-order valence-corrected chi connectivity index (χ1v) is 12.0. The summed E-state index contributed by atoms with van der Waals surface area (Å²) in [7, 11) is 0. The number of aldehydes is 1. The molecule has 0 amide bonds. The van der Waals surface area contributed by atoms with Gasteiger partial charge in [0.2, 0.25) is 6.29 Å². The second-order valence-electron chi connectivity index (χ2n) is 8.72. The van der Waals surface area contributed by atoms with Gasteiger partial charge in [-0.1, -0.05) is 19.0 Å². The summed E-state index contributed by atoms with van der Waals surface area (Å²) in [4.78, 5) is 49.9. The van der Waals surface area contributed by atoms with E-state index in [0.717, 1.165) is 0 Å². The maximum atomic E-state index is 12.6. The van der Waals surface area contributed by atoms with E-state index < -0.39 is 30.4 Å². The standard InChI is InChI=1S/C25H33N3O9/c1-15-16(2)25(37-23(14-34-17(3)30)24(15)35-18(4)31)36-22-8-7-19(12-20(22)13-29)21(32)6-5-10-33-11-9-27-28-26/h7-8,12-13,15-16,23-25H,5-6,9-11,14H2,1-4H3/t15-,16-,23-,24-,25-/m1/s1. The first-order valence-electron chi connectivity index (χ1n) is 12.0. The summed E-state index contributed by atoms with van der Waals surface area (Å²) in [6, 6.07) is 4.57. The van der Waals surface area contributed by atoms with Crippen LogP contribution in [0.5, 0.6) is 5.75 Å². The molecule has 0 aromatic heterocycles. The monoisotopic (exact) mass is 519 g/mol. The highest BCUT2D eigenvalue weighted by molar-refractivity contribution is 5.98. The molecule has 0 unspecified atom stereocenters. The average Bonchev–Trinajstić information content (AvgIpc) is 2.86. The number of rotatable bonds is 14. The summed E-state index contributed by atoms with van der Waals surface area (Å²) in [5.74, 6) is -1.38. The topological polar surface area (TPSA) is 163 Å². The largest absolute Gasteiger partial charge is 0.464 e. The smallest absolute Gasteiger partial charge is 0.303 e. The van der Waals surface area contributed by atoms with Crippen LogP contribution in [-0.4, -0.2) is 68.9 Å². The van der Waals surface area contributed by atoms with Crippen molar-refractivity contribution in [3.63, 3.8) is 0 Å². The molecule has 1 heterocycles. The summed E-state index contributed by atoms with van der Waals surface area (Å²) in [5.41, 5.74) is 8.76. The maximum Gasteiger partial charge on any atom is 0.303 e. The van der Waals surface area contributed by atoms with Crippen LogP contribution in [0.3, 0.4) is 0 Å². The van der Waals surface area contributed by atoms with Gasteiger partial charge in [-0.05, 0) is 30.2 Å². The lowest BCUT2D eigenvalue weighted by Gasteiger charge is -2.43. The fourth-order valence-corrected chi connectivity index (χ4v) is 3.88. The summed E-state index contributed by atoms with van der Waals surface area (Å²) in [6.07, 6.45) is -0.957. The van der Waals surface area contributed by atoms with Crippen LogP contribution in [0.4, 0.5) is 0 Å². The Bertz CT molecular complexity index is 1010. The van der Waals surface area contributed by atoms with Crippen LogP contribution in [-0.2, 0) is 28.5 Å². The van der Waals surface area contributed by atoms with Crippen molar-refractivity contribution in [2.24, 2.45) is 17.0 Å². The molecular formula is C25H33N3O9. The van der Waals surface area contributed by atoms with Gasteiger partial charge in [0.15, 0.2) is 12.1 Å². The number of benzene rings is 1. The van der Waals surface area contributed by atoms with Crippen LogP contribution in [0.1, 0.15) is 61.3 Å². The Labute approximate surface area is 215 Å². The summed E-state index contributed by atoms with van der Waals surface area (Å²) in [5, 5.41) is 3.36. The molecule has 2 rings (SSSR count). The average molecular weight is 520 g/mol. The van der Waals surface area contributed by atoms with Crippen LogP contribution in [0.25, 0.3) is 10.4 Å². The number of esters is 2. The van der Waals surface area contributed by atoms with E-state index in [2.05, 4.69) is 10.0 Å². The van der Waals surface area contributed by atoms with E-state index in [1.54, 1.807) is 6.07 Å². The van der Waals surface area contributed by atoms with Crippen molar-refractivity contribution in [1.29, 1.82) is 0 Å². The van der Waals surface area contributed by atoms with Crippen LogP contribution in [0.15, 0.2) is 23.3 Å². The molecule has 1 aliphatic rings. The van der Waals surface area contributed by atoms with Gasteiger partial charge in [-0.25, -0.2) is 0 Å². The number of azide groups is 1. The van der Waals surface area contributed by atoms with E-state index >= 15 is 0 Å². The molecule has 1 fully saturated rings. The second-order valence-corrected chi connectivity index (χ2v) is 8.72. The summed E-state index contributed by atoms with van der Waals surface area (Å²) >= 11 is 0. The molecule has 5 atom stereocenters. The molecule has 0 spiro atoms. The third kappa shape index (κ3) is 9.16. The molecule has 0 aliphatic carbocycles. The Morgan fingerprint density at radius 3 is 2.54 bits per heavy atom. The maximum absolute atomic E-state index is 12.6. The Morgan fingerprint density at radius 2 is 1.89 bits per heavy atom. The third-order valence-corrected chi connectivity index (χ3v) is 6.00. The van der Waals surface area contributed by atoms with Gasteiger partial charge in [-0.15, -0.1) is 0 Å². The lowest BCUT2D eigenvalue weighted by molar-refractivity contribution is -0.248. The van der Waals surface area contributed by atoms with Gasteiger partial charge in [0.05, 0.1) is 12.2 Å². The minimum absolute atomic E-state index is 0.132. The van der Waals surface area contributed by atoms with Gasteiger partial charge in [0.1, 0.15) is 24.6 Å². The summed E-state index contributed by atoms with van der Waals surface area (Å²) in [6.45, 7) is 7.01. The fraction of sp³-hybridized carbons (Fsp3) is 0.600. The van der Waals surface area contributed by atoms with Gasteiger partial charge >= 0.3 is 11.9 Å². The van der Waals surface area contributed by atoms with E-state index in [1.165, 1.54) is 26.0 Å². The van der Waals surface area contributed by atoms with Crippen molar-refractivity contribution in [1.82, 2.24) is 0 Å². The highest BCUT2D eigenvalue weighted by Gasteiger charge is 2.45. The quantitative estimate of drug-likeness (QED) is 0.0678. The number of hydrogen-bond acceptors (Lipinski definition) is 10. The number of nitrogens with zero attached hydrogens (tertiary/aromatic N) is 3. The van der Waals surface area contributed by atoms with Crippen molar-refractivity contribution in [3.05, 3.63) is 39.8 Å². The van der Waals surface area contributed by atoms with Gasteiger partial charge < -0.3 is 23.7 Å². The molecule has 1 aliphatic heterocycles. The zero-order valence-electron chi connectivity index (χ0n) is 21.5. The van der Waals surface area contributed by atoms with Gasteiger partial charge in [0.25, 0.3) is 0 Å². The van der Waals surface area contributed by atoms with E-state index in [0.29, 0.717) is 24.9 Å². The van der Waals surface area contributed by atoms with Crippen LogP contribution in [0.2, 0.25) is 0 Å². The van der Waals surface area contributed by atoms with Crippen molar-refractivity contribution in [2.45, 2.75) is 59.0 Å². The van der Waals surface area contributed by atoms with Crippen LogP contribution in [0, 0.1) is 11.8 Å². The molecule has 0 bridgehead atoms. The predicted molar refractivity (Wildman–Crippen MR) is 130 cm³/mol. The third-order valence-electron chi connectivity index (χ3n) is 6.00. The second kappa shape index (κ2) is 14.9. The fourth-order valence-electron chi connectivity index (χ4n) is 3.88. The number of ketones is 1.